The van der Waals surface area contributed by atoms with Crippen LogP contribution < -0.4 is 15.9 Å². The second-order valence-electron chi connectivity index (χ2n) is 8.95. The minimum Gasteiger partial charge on any atom is -0.508 e. The number of likely N-dealkylation sites (tertiary alicyclic amines) is 1. The second-order valence-corrected chi connectivity index (χ2v) is 11.1. The SMILES string of the molecule is CCOC(=O)c1ccc(NC(=O)Cn2c3c(sc2=O)C(c2ccc(O)cc2)C2C(=O)N(C(N)=O)C(=O)C2S3)cc1. The van der Waals surface area contributed by atoms with Crippen molar-refractivity contribution >= 4 is 58.5 Å². The largest absolute Gasteiger partial charge is 0.508 e. The number of thiazole rings is 1. The second kappa shape index (κ2) is 10.6. The molecule has 0 radical (unpaired) electrons. The molecule has 2 aromatic carbocycles. The zero-order valence-corrected chi connectivity index (χ0v) is 22.5. The number of fused-ring (bicyclic) bond motifs is 2. The summed E-state index contributed by atoms with van der Waals surface area (Å²) in [4.78, 5) is 76.5. The lowest BCUT2D eigenvalue weighted by Crippen LogP contribution is -2.41. The number of ether oxygens (including phenoxy) is 1. The normalized spacial score (nSPS) is 19.6. The van der Waals surface area contributed by atoms with Gasteiger partial charge in [-0.05, 0) is 48.9 Å². The van der Waals surface area contributed by atoms with Gasteiger partial charge in [0.25, 0.3) is 5.91 Å². The maximum absolute atomic E-state index is 13.2. The Kier molecular flexibility index (Phi) is 7.21. The van der Waals surface area contributed by atoms with E-state index in [-0.39, 0.29) is 12.4 Å². The Balaban J connectivity index is 1.47. The molecule has 3 aromatic rings. The molecular formula is C26H22N4O8S2. The van der Waals surface area contributed by atoms with Gasteiger partial charge in [0, 0.05) is 16.5 Å². The average molecular weight is 583 g/mol. The quantitative estimate of drug-likeness (QED) is 0.290. The summed E-state index contributed by atoms with van der Waals surface area (Å²) in [7, 11) is 0. The van der Waals surface area contributed by atoms with Crippen LogP contribution >= 0.6 is 23.1 Å². The number of aromatic hydroxyl groups is 1. The van der Waals surface area contributed by atoms with E-state index in [9.17, 15) is 33.9 Å². The van der Waals surface area contributed by atoms with E-state index in [0.29, 0.717) is 31.6 Å². The van der Waals surface area contributed by atoms with Crippen LogP contribution in [0.15, 0.2) is 58.4 Å². The van der Waals surface area contributed by atoms with Crippen molar-refractivity contribution in [3.63, 3.8) is 0 Å². The summed E-state index contributed by atoms with van der Waals surface area (Å²) < 4.78 is 6.17. The molecule has 5 rings (SSSR count). The van der Waals surface area contributed by atoms with Crippen LogP contribution in [0.5, 0.6) is 5.75 Å². The number of nitrogens with one attached hydrogen (secondary N) is 1. The molecule has 1 fully saturated rings. The molecular weight excluding hydrogens is 560 g/mol. The van der Waals surface area contributed by atoms with Crippen LogP contribution in [-0.4, -0.2) is 56.2 Å². The van der Waals surface area contributed by atoms with E-state index in [1.807, 2.05) is 0 Å². The summed E-state index contributed by atoms with van der Waals surface area (Å²) in [6.07, 6.45) is 0. The number of amides is 5. The third-order valence-corrected chi connectivity index (χ3v) is 9.11. The van der Waals surface area contributed by atoms with Gasteiger partial charge in [-0.25, -0.2) is 9.59 Å². The molecule has 2 aliphatic rings. The molecule has 0 saturated carbocycles. The Bertz CT molecular complexity index is 1600. The first-order valence-electron chi connectivity index (χ1n) is 12.0. The third kappa shape index (κ3) is 4.75. The van der Waals surface area contributed by atoms with Crippen LogP contribution in [-0.2, 0) is 25.7 Å². The molecule has 3 heterocycles. The van der Waals surface area contributed by atoms with E-state index in [4.69, 9.17) is 10.5 Å². The van der Waals surface area contributed by atoms with Crippen LogP contribution in [0.2, 0.25) is 0 Å². The number of phenols is 1. The molecule has 3 atom stereocenters. The topological polar surface area (TPSA) is 178 Å². The number of rotatable bonds is 6. The van der Waals surface area contributed by atoms with Gasteiger partial charge in [-0.1, -0.05) is 35.2 Å². The van der Waals surface area contributed by atoms with Gasteiger partial charge < -0.3 is 20.9 Å². The maximum Gasteiger partial charge on any atom is 0.338 e. The molecule has 1 saturated heterocycles. The number of primary amides is 1. The number of phenolic OH excluding ortho intramolecular Hbond substituents is 1. The standard InChI is InChI=1S/C26H22N4O8S2/c1-2-38-24(35)13-3-7-14(8-4-13)28-16(32)11-29-23-20(40-26(29)37)17(12-5-9-15(31)10-6-12)18-19(39-23)22(34)30(21(18)33)25(27)36/h3-10,17-19,31H,2,11H2,1H3,(H2,27,36)(H,28,32). The van der Waals surface area contributed by atoms with Gasteiger partial charge >= 0.3 is 16.9 Å². The lowest BCUT2D eigenvalue weighted by molar-refractivity contribution is -0.135. The van der Waals surface area contributed by atoms with Crippen LogP contribution in [0.25, 0.3) is 0 Å². The number of carbonyl (C=O) groups is 5. The summed E-state index contributed by atoms with van der Waals surface area (Å²) in [5.74, 6) is -4.42. The number of imide groups is 3. The lowest BCUT2D eigenvalue weighted by atomic mass is 9.83. The minimum atomic E-state index is -1.19. The first-order chi connectivity index (χ1) is 19.1. The molecule has 3 unspecified atom stereocenters. The van der Waals surface area contributed by atoms with Gasteiger partial charge in [0.15, 0.2) is 0 Å². The molecule has 40 heavy (non-hydrogen) atoms. The molecule has 0 spiro atoms. The van der Waals surface area contributed by atoms with Crippen LogP contribution in [0.1, 0.15) is 33.6 Å². The first-order valence-corrected chi connectivity index (χ1v) is 13.7. The predicted octanol–water partition coefficient (Wildman–Crippen LogP) is 2.10. The van der Waals surface area contributed by atoms with Gasteiger partial charge in [-0.3, -0.25) is 23.7 Å². The number of nitrogens with two attached hydrogens (primary N) is 1. The number of anilines is 1. The van der Waals surface area contributed by atoms with E-state index < -0.39 is 58.2 Å². The molecule has 5 amide bonds. The number of urea groups is 1. The monoisotopic (exact) mass is 582 g/mol. The number of carbonyl (C=O) groups excluding carboxylic acids is 5. The number of aromatic nitrogens is 1. The van der Waals surface area contributed by atoms with Crippen molar-refractivity contribution in [3.05, 3.63) is 74.2 Å². The van der Waals surface area contributed by atoms with Crippen molar-refractivity contribution in [2.75, 3.05) is 11.9 Å². The molecule has 12 nitrogen and oxygen atoms in total. The fraction of sp³-hybridized carbons (Fsp3) is 0.231. The van der Waals surface area contributed by atoms with Crippen molar-refractivity contribution in [1.29, 1.82) is 0 Å². The molecule has 0 bridgehead atoms. The third-order valence-electron chi connectivity index (χ3n) is 6.50. The summed E-state index contributed by atoms with van der Waals surface area (Å²) in [6, 6.07) is 10.8. The summed E-state index contributed by atoms with van der Waals surface area (Å²) in [5, 5.41) is 11.7. The number of benzene rings is 2. The molecule has 14 heteroatoms. The maximum atomic E-state index is 13.2. The van der Waals surface area contributed by atoms with E-state index in [1.165, 1.54) is 41.0 Å². The molecule has 2 aliphatic heterocycles. The number of esters is 1. The zero-order valence-electron chi connectivity index (χ0n) is 20.9. The Morgan fingerprint density at radius 1 is 1.02 bits per heavy atom. The fourth-order valence-electron chi connectivity index (χ4n) is 4.76. The van der Waals surface area contributed by atoms with Gasteiger partial charge in [0.2, 0.25) is 11.8 Å². The summed E-state index contributed by atoms with van der Waals surface area (Å²) in [5.41, 5.74) is 6.57. The first kappa shape index (κ1) is 27.1. The van der Waals surface area contributed by atoms with Crippen molar-refractivity contribution < 1.29 is 33.8 Å². The smallest absolute Gasteiger partial charge is 0.338 e. The Labute approximate surface area is 234 Å². The van der Waals surface area contributed by atoms with Crippen molar-refractivity contribution in [3.8, 4) is 5.75 Å². The zero-order chi connectivity index (χ0) is 28.7. The fourth-order valence-corrected chi connectivity index (χ4v) is 7.53. The van der Waals surface area contributed by atoms with Crippen molar-refractivity contribution in [1.82, 2.24) is 9.47 Å². The molecule has 206 valence electrons. The van der Waals surface area contributed by atoms with Crippen LogP contribution in [0.3, 0.4) is 0 Å². The molecule has 0 aliphatic carbocycles. The highest BCUT2D eigenvalue weighted by molar-refractivity contribution is 8.00. The number of hydrogen-bond acceptors (Lipinski definition) is 10. The highest BCUT2D eigenvalue weighted by atomic mass is 32.2. The molecule has 4 N–H and O–H groups in total. The highest BCUT2D eigenvalue weighted by Gasteiger charge is 2.57. The van der Waals surface area contributed by atoms with Gasteiger partial charge in [-0.15, -0.1) is 0 Å². The van der Waals surface area contributed by atoms with E-state index in [2.05, 4.69) is 5.32 Å². The van der Waals surface area contributed by atoms with Crippen LogP contribution in [0, 0.1) is 5.92 Å². The predicted molar refractivity (Wildman–Crippen MR) is 144 cm³/mol. The Morgan fingerprint density at radius 2 is 1.70 bits per heavy atom. The Hall–Kier alpha value is -4.43. The number of hydrogen-bond donors (Lipinski definition) is 3. The van der Waals surface area contributed by atoms with E-state index in [1.54, 1.807) is 19.1 Å². The van der Waals surface area contributed by atoms with Crippen molar-refractivity contribution in [2.45, 2.75) is 29.7 Å². The number of nitrogens with zero attached hydrogens (tertiary/aromatic N) is 2. The Morgan fingerprint density at radius 3 is 2.33 bits per heavy atom. The van der Waals surface area contributed by atoms with Crippen molar-refractivity contribution in [2.24, 2.45) is 11.7 Å². The summed E-state index contributed by atoms with van der Waals surface area (Å²) in [6.45, 7) is 1.53. The van der Waals surface area contributed by atoms with Gasteiger partial charge in [0.05, 0.1) is 23.1 Å². The van der Waals surface area contributed by atoms with Gasteiger partial charge in [0.1, 0.15) is 17.5 Å². The van der Waals surface area contributed by atoms with E-state index in [0.717, 1.165) is 23.1 Å². The molecule has 1 aromatic heterocycles. The highest BCUT2D eigenvalue weighted by Crippen LogP contribution is 2.53. The summed E-state index contributed by atoms with van der Waals surface area (Å²) >= 11 is 1.78. The number of thioether (sulfide) groups is 1. The minimum absolute atomic E-state index is 0.0176. The lowest BCUT2D eigenvalue weighted by Gasteiger charge is -2.30. The van der Waals surface area contributed by atoms with E-state index >= 15 is 0 Å². The van der Waals surface area contributed by atoms with Crippen LogP contribution in [0.4, 0.5) is 10.5 Å². The van der Waals surface area contributed by atoms with Gasteiger partial charge in [-0.2, -0.15) is 4.90 Å². The average Bonchev–Trinajstić information content (AvgIpc) is 3.36.